The van der Waals surface area contributed by atoms with Gasteiger partial charge in [-0.2, -0.15) is 18.3 Å². The molecule has 27 heavy (non-hydrogen) atoms. The number of nitrogens with one attached hydrogen (secondary N) is 2. The fraction of sp³-hybridized carbons (Fsp3) is 0.438. The normalized spacial score (nSPS) is 21.4. The van der Waals surface area contributed by atoms with Gasteiger partial charge in [-0.15, -0.1) is 11.3 Å². The average molecular weight is 399 g/mol. The molecule has 1 aliphatic heterocycles. The Hall–Kier alpha value is -2.24. The maximum absolute atomic E-state index is 12.9. The highest BCUT2D eigenvalue weighted by Crippen LogP contribution is 2.38. The number of aliphatic hydroxyl groups is 1. The largest absolute Gasteiger partial charge is 0.418 e. The first-order valence-electron chi connectivity index (χ1n) is 8.21. The summed E-state index contributed by atoms with van der Waals surface area (Å²) in [6.45, 7) is 1.42. The van der Waals surface area contributed by atoms with E-state index in [0.29, 0.717) is 10.2 Å². The second kappa shape index (κ2) is 6.14. The maximum atomic E-state index is 12.9. The van der Waals surface area contributed by atoms with Crippen LogP contribution in [0.2, 0.25) is 0 Å². The number of hydrogen-bond donors (Lipinski definition) is 3. The van der Waals surface area contributed by atoms with Crippen LogP contribution in [0.15, 0.2) is 17.1 Å². The molecule has 0 amide bonds. The lowest BCUT2D eigenvalue weighted by atomic mass is 10.0. The Morgan fingerprint density at radius 1 is 1.44 bits per heavy atom. The molecule has 4 heterocycles. The second-order valence-electron chi connectivity index (χ2n) is 6.74. The zero-order valence-electron chi connectivity index (χ0n) is 14.2. The molecule has 0 aromatic carbocycles. The Morgan fingerprint density at radius 3 is 2.85 bits per heavy atom. The molecule has 1 saturated heterocycles. The predicted octanol–water partition coefficient (Wildman–Crippen LogP) is 2.18. The van der Waals surface area contributed by atoms with Crippen LogP contribution in [0.5, 0.6) is 0 Å². The maximum Gasteiger partial charge on any atom is 0.418 e. The van der Waals surface area contributed by atoms with E-state index in [9.17, 15) is 23.1 Å². The SMILES string of the molecule is Cc1[nH]ncc1-c1cc2nc(CN3CCC(O)(C(F)(F)F)C3)[nH]c(=O)c2s1. The van der Waals surface area contributed by atoms with E-state index in [0.717, 1.165) is 16.1 Å². The molecule has 11 heteroatoms. The number of β-amino-alcohol motifs (C(OH)–C–C–N with tert-alkyl or cyclic N) is 1. The number of likely N-dealkylation sites (tertiary alicyclic amines) is 1. The van der Waals surface area contributed by atoms with Gasteiger partial charge in [-0.25, -0.2) is 4.98 Å². The number of aromatic amines is 2. The van der Waals surface area contributed by atoms with Gasteiger partial charge in [0, 0.05) is 29.2 Å². The Kier molecular flexibility index (Phi) is 4.13. The van der Waals surface area contributed by atoms with Crippen molar-refractivity contribution in [3.8, 4) is 10.4 Å². The molecule has 1 aliphatic rings. The van der Waals surface area contributed by atoms with Crippen LogP contribution in [0.1, 0.15) is 17.9 Å². The Morgan fingerprint density at radius 2 is 2.22 bits per heavy atom. The van der Waals surface area contributed by atoms with Crippen molar-refractivity contribution in [2.24, 2.45) is 0 Å². The molecule has 0 bridgehead atoms. The van der Waals surface area contributed by atoms with Crippen LogP contribution in [0.4, 0.5) is 13.2 Å². The van der Waals surface area contributed by atoms with Crippen molar-refractivity contribution in [1.82, 2.24) is 25.1 Å². The molecular weight excluding hydrogens is 383 g/mol. The summed E-state index contributed by atoms with van der Waals surface area (Å²) in [6.07, 6.45) is -3.42. The van der Waals surface area contributed by atoms with E-state index < -0.39 is 24.7 Å². The topological polar surface area (TPSA) is 97.9 Å². The summed E-state index contributed by atoms with van der Waals surface area (Å²) in [5.41, 5.74) is -0.834. The number of nitrogens with zero attached hydrogens (tertiary/aromatic N) is 3. The Bertz CT molecular complexity index is 1060. The van der Waals surface area contributed by atoms with Gasteiger partial charge in [-0.3, -0.25) is 14.8 Å². The fourth-order valence-electron chi connectivity index (χ4n) is 3.24. The molecule has 1 unspecified atom stereocenters. The molecular formula is C16H16F3N5O2S. The van der Waals surface area contributed by atoms with Crippen molar-refractivity contribution in [2.45, 2.75) is 31.7 Å². The van der Waals surface area contributed by atoms with Crippen LogP contribution in [0, 0.1) is 6.92 Å². The number of rotatable bonds is 3. The summed E-state index contributed by atoms with van der Waals surface area (Å²) in [7, 11) is 0. The first kappa shape index (κ1) is 18.1. The lowest BCUT2D eigenvalue weighted by Crippen LogP contribution is -2.47. The van der Waals surface area contributed by atoms with Gasteiger partial charge in [0.15, 0.2) is 5.60 Å². The molecule has 144 valence electrons. The standard InChI is InChI=1S/C16H16F3N5O2S/c1-8-9(5-20-23-8)11-4-10-13(27-11)14(25)22-12(21-10)6-24-3-2-15(26,7-24)16(17,18)19/h4-5,26H,2-3,6-7H2,1H3,(H,20,23)(H,21,22,25). The molecule has 0 saturated carbocycles. The fourth-order valence-corrected chi connectivity index (χ4v) is 4.30. The highest BCUT2D eigenvalue weighted by Gasteiger charge is 2.56. The van der Waals surface area contributed by atoms with Crippen LogP contribution < -0.4 is 5.56 Å². The summed E-state index contributed by atoms with van der Waals surface area (Å²) in [4.78, 5) is 21.7. The van der Waals surface area contributed by atoms with Crippen molar-refractivity contribution in [3.63, 3.8) is 0 Å². The third-order valence-corrected chi connectivity index (χ3v) is 5.91. The van der Waals surface area contributed by atoms with Gasteiger partial charge < -0.3 is 10.1 Å². The van der Waals surface area contributed by atoms with Gasteiger partial charge in [0.25, 0.3) is 5.56 Å². The van der Waals surface area contributed by atoms with E-state index in [2.05, 4.69) is 20.2 Å². The van der Waals surface area contributed by atoms with Crippen molar-refractivity contribution in [1.29, 1.82) is 0 Å². The van der Waals surface area contributed by atoms with Crippen molar-refractivity contribution >= 4 is 21.6 Å². The average Bonchev–Trinajstić information content (AvgIpc) is 3.26. The highest BCUT2D eigenvalue weighted by atomic mass is 32.1. The van der Waals surface area contributed by atoms with Gasteiger partial charge in [-0.05, 0) is 19.4 Å². The molecule has 3 aromatic heterocycles. The summed E-state index contributed by atoms with van der Waals surface area (Å²) in [6, 6.07) is 1.77. The molecule has 3 N–H and O–H groups in total. The minimum absolute atomic E-state index is 0.0273. The smallest absolute Gasteiger partial charge is 0.379 e. The van der Waals surface area contributed by atoms with Crippen LogP contribution in [-0.2, 0) is 6.54 Å². The molecule has 7 nitrogen and oxygen atoms in total. The Labute approximate surface area is 154 Å². The highest BCUT2D eigenvalue weighted by molar-refractivity contribution is 7.22. The number of hydrogen-bond acceptors (Lipinski definition) is 6. The Balaban J connectivity index is 1.61. The van der Waals surface area contributed by atoms with Crippen molar-refractivity contribution < 1.29 is 18.3 Å². The molecule has 4 rings (SSSR count). The second-order valence-corrected chi connectivity index (χ2v) is 7.79. The van der Waals surface area contributed by atoms with Gasteiger partial charge in [0.05, 0.1) is 18.3 Å². The van der Waals surface area contributed by atoms with E-state index >= 15 is 0 Å². The number of aromatic nitrogens is 4. The summed E-state index contributed by atoms with van der Waals surface area (Å²) >= 11 is 1.28. The van der Waals surface area contributed by atoms with Gasteiger partial charge in [0.1, 0.15) is 10.5 Å². The number of fused-ring (bicyclic) bond motifs is 1. The van der Waals surface area contributed by atoms with Crippen molar-refractivity contribution in [3.05, 3.63) is 34.1 Å². The lowest BCUT2D eigenvalue weighted by molar-refractivity contribution is -0.254. The monoisotopic (exact) mass is 399 g/mol. The number of alkyl halides is 3. The zero-order valence-corrected chi connectivity index (χ0v) is 15.0. The number of aryl methyl sites for hydroxylation is 1. The third-order valence-electron chi connectivity index (χ3n) is 4.76. The number of halogens is 3. The molecule has 0 aliphatic carbocycles. The quantitative estimate of drug-likeness (QED) is 0.627. The molecule has 0 radical (unpaired) electrons. The van der Waals surface area contributed by atoms with Crippen LogP contribution in [-0.4, -0.2) is 55.0 Å². The minimum Gasteiger partial charge on any atom is -0.379 e. The van der Waals surface area contributed by atoms with Crippen LogP contribution >= 0.6 is 11.3 Å². The molecule has 0 spiro atoms. The molecule has 1 fully saturated rings. The first-order chi connectivity index (χ1) is 12.7. The lowest BCUT2D eigenvalue weighted by Gasteiger charge is -2.25. The van der Waals surface area contributed by atoms with E-state index in [1.807, 2.05) is 6.92 Å². The minimum atomic E-state index is -4.68. The van der Waals surface area contributed by atoms with Gasteiger partial charge in [0.2, 0.25) is 0 Å². The molecule has 1 atom stereocenters. The predicted molar refractivity (Wildman–Crippen MR) is 93.5 cm³/mol. The number of H-pyrrole nitrogens is 2. The summed E-state index contributed by atoms with van der Waals surface area (Å²) in [5.74, 6) is 0.271. The number of thiophene rings is 1. The van der Waals surface area contributed by atoms with Crippen LogP contribution in [0.3, 0.4) is 0 Å². The van der Waals surface area contributed by atoms with Crippen molar-refractivity contribution in [2.75, 3.05) is 13.1 Å². The van der Waals surface area contributed by atoms with Gasteiger partial charge >= 0.3 is 6.18 Å². The van der Waals surface area contributed by atoms with E-state index in [4.69, 9.17) is 0 Å². The third kappa shape index (κ3) is 3.15. The van der Waals surface area contributed by atoms with E-state index in [1.165, 1.54) is 16.2 Å². The van der Waals surface area contributed by atoms with Crippen LogP contribution in [0.25, 0.3) is 20.7 Å². The summed E-state index contributed by atoms with van der Waals surface area (Å²) < 4.78 is 39.3. The van der Waals surface area contributed by atoms with E-state index in [1.54, 1.807) is 12.3 Å². The van der Waals surface area contributed by atoms with Gasteiger partial charge in [-0.1, -0.05) is 0 Å². The molecule has 3 aromatic rings. The first-order valence-corrected chi connectivity index (χ1v) is 9.02. The van der Waals surface area contributed by atoms with E-state index in [-0.39, 0.29) is 24.5 Å². The summed E-state index contributed by atoms with van der Waals surface area (Å²) in [5, 5.41) is 16.6. The zero-order chi connectivity index (χ0) is 19.4.